The first kappa shape index (κ1) is 14.2. The molecule has 0 fully saturated rings. The number of pyridine rings is 1. The third-order valence-corrected chi connectivity index (χ3v) is 5.15. The smallest absolute Gasteiger partial charge is 0.129 e. The Balaban J connectivity index is 1.70. The van der Waals surface area contributed by atoms with E-state index in [9.17, 15) is 0 Å². The third-order valence-electron chi connectivity index (χ3n) is 3.96. The van der Waals surface area contributed by atoms with Crippen LogP contribution in [-0.2, 0) is 0 Å². The molecule has 0 saturated carbocycles. The lowest BCUT2D eigenvalue weighted by Gasteiger charge is -2.13. The van der Waals surface area contributed by atoms with Crippen LogP contribution in [0.2, 0.25) is 0 Å². The van der Waals surface area contributed by atoms with Crippen molar-refractivity contribution in [3.05, 3.63) is 70.8 Å². The maximum atomic E-state index is 4.39. The summed E-state index contributed by atoms with van der Waals surface area (Å²) >= 11 is 1.89. The highest BCUT2D eigenvalue weighted by Gasteiger charge is 2.24. The molecule has 108 valence electrons. The summed E-state index contributed by atoms with van der Waals surface area (Å²) in [5.41, 5.74) is 4.10. The van der Waals surface area contributed by atoms with Crippen molar-refractivity contribution < 1.29 is 0 Å². The molecule has 1 aliphatic heterocycles. The number of fused-ring (bicyclic) bond motifs is 1. The highest BCUT2D eigenvalue weighted by atomic mass is 32.2. The Morgan fingerprint density at radius 2 is 2.10 bits per heavy atom. The van der Waals surface area contributed by atoms with Crippen LogP contribution in [-0.4, -0.2) is 11.5 Å². The highest BCUT2D eigenvalue weighted by molar-refractivity contribution is 8.02. The van der Waals surface area contributed by atoms with E-state index >= 15 is 0 Å². The van der Waals surface area contributed by atoms with Gasteiger partial charge in [-0.25, -0.2) is 4.98 Å². The Bertz CT molecular complexity index is 637. The second-order valence-electron chi connectivity index (χ2n) is 5.43. The molecule has 1 aromatic heterocycles. The van der Waals surface area contributed by atoms with Crippen LogP contribution >= 0.6 is 11.8 Å². The van der Waals surface area contributed by atoms with Crippen molar-refractivity contribution in [1.29, 1.82) is 0 Å². The summed E-state index contributed by atoms with van der Waals surface area (Å²) in [6.45, 7) is 5.43. The van der Waals surface area contributed by atoms with Crippen LogP contribution in [0, 0.1) is 0 Å². The first-order chi connectivity index (χ1) is 10.3. The van der Waals surface area contributed by atoms with Crippen LogP contribution < -0.4 is 5.32 Å². The van der Waals surface area contributed by atoms with Gasteiger partial charge in [0.25, 0.3) is 0 Å². The van der Waals surface area contributed by atoms with Gasteiger partial charge in [-0.3, -0.25) is 0 Å². The maximum Gasteiger partial charge on any atom is 0.129 e. The molecule has 0 amide bonds. The number of hydrogen-bond acceptors (Lipinski definition) is 3. The van der Waals surface area contributed by atoms with Crippen molar-refractivity contribution >= 4 is 17.6 Å². The normalized spacial score (nSPS) is 19.0. The summed E-state index contributed by atoms with van der Waals surface area (Å²) in [4.78, 5) is 4.39. The second-order valence-corrected chi connectivity index (χ2v) is 6.64. The molecular weight excluding hydrogens is 276 g/mol. The molecule has 1 aromatic carbocycles. The highest BCUT2D eigenvalue weighted by Crippen LogP contribution is 2.37. The average molecular weight is 296 g/mol. The summed E-state index contributed by atoms with van der Waals surface area (Å²) in [5, 5.41) is 6.18. The van der Waals surface area contributed by atoms with E-state index < -0.39 is 0 Å². The Labute approximate surface area is 130 Å². The van der Waals surface area contributed by atoms with Crippen LogP contribution in [0.4, 0.5) is 5.82 Å². The van der Waals surface area contributed by atoms with Gasteiger partial charge in [-0.2, -0.15) is 0 Å². The van der Waals surface area contributed by atoms with Crippen LogP contribution in [0.15, 0.2) is 59.6 Å². The number of nitrogens with zero attached hydrogens (tertiary/aromatic N) is 1. The molecule has 2 aromatic rings. The van der Waals surface area contributed by atoms with Crippen LogP contribution in [0.5, 0.6) is 0 Å². The van der Waals surface area contributed by atoms with Gasteiger partial charge in [-0.1, -0.05) is 42.0 Å². The Morgan fingerprint density at radius 3 is 2.90 bits per heavy atom. The maximum absolute atomic E-state index is 4.39. The van der Waals surface area contributed by atoms with E-state index in [1.165, 1.54) is 16.7 Å². The molecule has 2 unspecified atom stereocenters. The van der Waals surface area contributed by atoms with Crippen molar-refractivity contribution in [1.82, 2.24) is 4.98 Å². The van der Waals surface area contributed by atoms with Crippen molar-refractivity contribution in [3.8, 4) is 0 Å². The zero-order chi connectivity index (χ0) is 14.7. The van der Waals surface area contributed by atoms with E-state index in [-0.39, 0.29) is 0 Å². The van der Waals surface area contributed by atoms with Gasteiger partial charge in [0.15, 0.2) is 0 Å². The van der Waals surface area contributed by atoms with Crippen molar-refractivity contribution in [2.75, 3.05) is 11.9 Å². The molecule has 0 saturated heterocycles. The van der Waals surface area contributed by atoms with E-state index in [2.05, 4.69) is 66.0 Å². The minimum Gasteiger partial charge on any atom is -0.369 e. The molecular formula is C18H20N2S. The van der Waals surface area contributed by atoms with Gasteiger partial charge in [0.05, 0.1) is 0 Å². The monoisotopic (exact) mass is 296 g/mol. The number of nitrogens with one attached hydrogen (secondary N) is 1. The summed E-state index contributed by atoms with van der Waals surface area (Å²) in [6, 6.07) is 14.9. The molecule has 2 nitrogen and oxygen atoms in total. The fourth-order valence-corrected chi connectivity index (χ4v) is 3.55. The zero-order valence-corrected chi connectivity index (χ0v) is 13.2. The molecule has 0 spiro atoms. The molecule has 2 heterocycles. The summed E-state index contributed by atoms with van der Waals surface area (Å²) in [7, 11) is 0. The van der Waals surface area contributed by atoms with E-state index in [1.54, 1.807) is 0 Å². The minimum atomic E-state index is 0.448. The number of hydrogen-bond donors (Lipinski definition) is 1. The molecule has 3 heteroatoms. The van der Waals surface area contributed by atoms with Crippen molar-refractivity contribution in [2.24, 2.45) is 0 Å². The van der Waals surface area contributed by atoms with Gasteiger partial charge in [-0.15, -0.1) is 11.8 Å². The summed E-state index contributed by atoms with van der Waals surface area (Å²) in [5.74, 6) is 1.49. The van der Waals surface area contributed by atoms with E-state index in [4.69, 9.17) is 0 Å². The number of rotatable bonds is 4. The van der Waals surface area contributed by atoms with E-state index in [0.29, 0.717) is 11.2 Å². The van der Waals surface area contributed by atoms with Crippen LogP contribution in [0.3, 0.4) is 0 Å². The van der Waals surface area contributed by atoms with Gasteiger partial charge in [0, 0.05) is 29.5 Å². The lowest BCUT2D eigenvalue weighted by Crippen LogP contribution is -2.03. The predicted molar refractivity (Wildman–Crippen MR) is 91.7 cm³/mol. The average Bonchev–Trinajstić information content (AvgIpc) is 2.97. The summed E-state index contributed by atoms with van der Waals surface area (Å²) in [6.07, 6.45) is 1.85. The van der Waals surface area contributed by atoms with Crippen LogP contribution in [0.25, 0.3) is 0 Å². The lowest BCUT2D eigenvalue weighted by atomic mass is 9.97. The van der Waals surface area contributed by atoms with Crippen LogP contribution in [0.1, 0.15) is 36.1 Å². The molecule has 3 rings (SSSR count). The largest absolute Gasteiger partial charge is 0.369 e. The number of anilines is 1. The van der Waals surface area contributed by atoms with Crippen molar-refractivity contribution in [3.63, 3.8) is 0 Å². The second kappa shape index (κ2) is 6.35. The lowest BCUT2D eigenvalue weighted by molar-refractivity contribution is 0.883. The fraction of sp³-hybridized carbons (Fsp3) is 0.278. The molecule has 1 N–H and O–H groups in total. The van der Waals surface area contributed by atoms with Gasteiger partial charge in [-0.05, 0) is 30.9 Å². The number of benzene rings is 1. The number of aromatic nitrogens is 1. The SMILES string of the molecule is C/C(=C\SC(C)c1ccccc1)C1CNc2ncccc21. The molecule has 2 atom stereocenters. The molecule has 21 heavy (non-hydrogen) atoms. The molecule has 0 bridgehead atoms. The summed E-state index contributed by atoms with van der Waals surface area (Å²) < 4.78 is 0. The molecule has 0 radical (unpaired) electrons. The topological polar surface area (TPSA) is 24.9 Å². The number of thioether (sulfide) groups is 1. The van der Waals surface area contributed by atoms with Gasteiger partial charge < -0.3 is 5.32 Å². The predicted octanol–water partition coefficient (Wildman–Crippen LogP) is 4.99. The van der Waals surface area contributed by atoms with Gasteiger partial charge in [0.2, 0.25) is 0 Å². The van der Waals surface area contributed by atoms with E-state index in [0.717, 1.165) is 12.4 Å². The first-order valence-corrected chi connectivity index (χ1v) is 8.26. The molecule has 0 aliphatic carbocycles. The van der Waals surface area contributed by atoms with Crippen molar-refractivity contribution in [2.45, 2.75) is 25.0 Å². The fourth-order valence-electron chi connectivity index (χ4n) is 2.66. The van der Waals surface area contributed by atoms with Gasteiger partial charge in [0.1, 0.15) is 5.82 Å². The Kier molecular flexibility index (Phi) is 4.30. The first-order valence-electron chi connectivity index (χ1n) is 7.31. The third kappa shape index (κ3) is 3.13. The molecule has 1 aliphatic rings. The Morgan fingerprint density at radius 1 is 1.29 bits per heavy atom. The minimum absolute atomic E-state index is 0.448. The zero-order valence-electron chi connectivity index (χ0n) is 12.4. The Hall–Kier alpha value is -1.74. The standard InChI is InChI=1S/C18H20N2S/c1-13(12-21-14(2)15-7-4-3-5-8-15)17-11-20-18-16(17)9-6-10-19-18/h3-10,12,14,17H,11H2,1-2H3,(H,19,20)/b13-12+. The van der Waals surface area contributed by atoms with Gasteiger partial charge >= 0.3 is 0 Å². The quantitative estimate of drug-likeness (QED) is 0.860. The van der Waals surface area contributed by atoms with E-state index in [1.807, 2.05) is 24.0 Å².